The molecule has 0 radical (unpaired) electrons. The summed E-state index contributed by atoms with van der Waals surface area (Å²) in [5, 5.41) is 0. The van der Waals surface area contributed by atoms with Crippen LogP contribution in [0.25, 0.3) is 0 Å². The second-order valence-corrected chi connectivity index (χ2v) is 8.45. The summed E-state index contributed by atoms with van der Waals surface area (Å²) < 4.78 is 45.7. The number of hydrogen-bond donors (Lipinski definition) is 0. The number of thiazole rings is 1. The fourth-order valence-corrected chi connectivity index (χ4v) is 5.02. The Balaban J connectivity index is 1.86. The molecule has 1 unspecified atom stereocenters. The maximum absolute atomic E-state index is 13.4. The topological polar surface area (TPSA) is 59.5 Å². The number of halogens is 1. The van der Waals surface area contributed by atoms with Crippen LogP contribution >= 0.6 is 11.3 Å². The second-order valence-electron chi connectivity index (χ2n) is 5.50. The van der Waals surface area contributed by atoms with Gasteiger partial charge >= 0.3 is 0 Å². The SMILES string of the molecule is Cc1ncsc1CCS(=O)(=O)N1CC(C)Oc2cc(F)ccc21. The molecular weight excluding hydrogens is 339 g/mol. The summed E-state index contributed by atoms with van der Waals surface area (Å²) in [5.74, 6) is -0.198. The third-order valence-corrected chi connectivity index (χ3v) is 6.44. The van der Waals surface area contributed by atoms with Gasteiger partial charge in [0.05, 0.1) is 29.2 Å². The maximum atomic E-state index is 13.4. The molecule has 124 valence electrons. The van der Waals surface area contributed by atoms with Crippen LogP contribution in [0, 0.1) is 12.7 Å². The number of ether oxygens (including phenoxy) is 1. The van der Waals surface area contributed by atoms with E-state index >= 15 is 0 Å². The molecule has 5 nitrogen and oxygen atoms in total. The molecule has 1 atom stereocenters. The highest BCUT2D eigenvalue weighted by molar-refractivity contribution is 7.92. The predicted octanol–water partition coefficient (Wildman–Crippen LogP) is 2.75. The van der Waals surface area contributed by atoms with Crippen LogP contribution in [0.15, 0.2) is 23.7 Å². The average molecular weight is 356 g/mol. The normalized spacial score (nSPS) is 17.7. The molecule has 2 heterocycles. The van der Waals surface area contributed by atoms with Crippen LogP contribution in [-0.2, 0) is 16.4 Å². The van der Waals surface area contributed by atoms with Gasteiger partial charge in [0, 0.05) is 10.9 Å². The Hall–Kier alpha value is -1.67. The van der Waals surface area contributed by atoms with Crippen LogP contribution in [0.1, 0.15) is 17.5 Å². The van der Waals surface area contributed by atoms with Crippen LogP contribution in [0.2, 0.25) is 0 Å². The van der Waals surface area contributed by atoms with E-state index in [0.717, 1.165) is 10.6 Å². The maximum Gasteiger partial charge on any atom is 0.235 e. The lowest BCUT2D eigenvalue weighted by Gasteiger charge is -2.34. The molecule has 3 rings (SSSR count). The van der Waals surface area contributed by atoms with Gasteiger partial charge in [-0.2, -0.15) is 0 Å². The van der Waals surface area contributed by atoms with Gasteiger partial charge in [0.15, 0.2) is 0 Å². The standard InChI is InChI=1S/C15H17FN2O3S2/c1-10-8-18(13-4-3-12(16)7-14(13)21-10)23(19,20)6-5-15-11(2)17-9-22-15/h3-4,7,9-10H,5-6,8H2,1-2H3. The number of hydrogen-bond acceptors (Lipinski definition) is 5. The number of fused-ring (bicyclic) bond motifs is 1. The Morgan fingerprint density at radius 2 is 2.26 bits per heavy atom. The molecule has 1 aliphatic heterocycles. The number of anilines is 1. The van der Waals surface area contributed by atoms with Crippen LogP contribution in [-0.4, -0.2) is 31.8 Å². The molecule has 0 saturated heterocycles. The zero-order valence-electron chi connectivity index (χ0n) is 12.8. The van der Waals surface area contributed by atoms with Crippen molar-refractivity contribution >= 4 is 27.0 Å². The number of aryl methyl sites for hydroxylation is 2. The van der Waals surface area contributed by atoms with Crippen LogP contribution in [0.5, 0.6) is 5.75 Å². The average Bonchev–Trinajstić information content (AvgIpc) is 2.89. The van der Waals surface area contributed by atoms with Gasteiger partial charge in [-0.05, 0) is 32.4 Å². The van der Waals surface area contributed by atoms with Gasteiger partial charge in [0.2, 0.25) is 10.0 Å². The fraction of sp³-hybridized carbons (Fsp3) is 0.400. The van der Waals surface area contributed by atoms with E-state index in [-0.39, 0.29) is 24.2 Å². The Kier molecular flexibility index (Phi) is 4.29. The number of nitrogens with zero attached hydrogens (tertiary/aromatic N) is 2. The Bertz CT molecular complexity index is 820. The van der Waals surface area contributed by atoms with Crippen LogP contribution in [0.3, 0.4) is 0 Å². The molecule has 0 bridgehead atoms. The molecule has 0 aliphatic carbocycles. The summed E-state index contributed by atoms with van der Waals surface area (Å²) in [7, 11) is -3.53. The first-order valence-corrected chi connectivity index (χ1v) is 9.71. The molecule has 2 aromatic rings. The van der Waals surface area contributed by atoms with E-state index in [0.29, 0.717) is 12.1 Å². The largest absolute Gasteiger partial charge is 0.487 e. The lowest BCUT2D eigenvalue weighted by molar-refractivity contribution is 0.218. The third-order valence-electron chi connectivity index (χ3n) is 3.71. The molecule has 0 spiro atoms. The Morgan fingerprint density at radius 3 is 2.96 bits per heavy atom. The van der Waals surface area contributed by atoms with Gasteiger partial charge in [-0.15, -0.1) is 11.3 Å². The van der Waals surface area contributed by atoms with Crippen molar-refractivity contribution < 1.29 is 17.5 Å². The molecule has 0 N–H and O–H groups in total. The zero-order chi connectivity index (χ0) is 16.6. The van der Waals surface area contributed by atoms with Crippen molar-refractivity contribution in [1.29, 1.82) is 0 Å². The first kappa shape index (κ1) is 16.2. The molecule has 8 heteroatoms. The highest BCUT2D eigenvalue weighted by Crippen LogP contribution is 2.36. The van der Waals surface area contributed by atoms with Crippen molar-refractivity contribution in [2.75, 3.05) is 16.6 Å². The van der Waals surface area contributed by atoms with Crippen molar-refractivity contribution in [2.24, 2.45) is 0 Å². The first-order valence-electron chi connectivity index (χ1n) is 7.22. The quantitative estimate of drug-likeness (QED) is 0.845. The van der Waals surface area contributed by atoms with E-state index < -0.39 is 15.8 Å². The number of rotatable bonds is 4. The van der Waals surface area contributed by atoms with Gasteiger partial charge in [-0.1, -0.05) is 0 Å². The fourth-order valence-electron chi connectivity index (χ4n) is 2.54. The Labute approximate surface area is 138 Å². The molecule has 0 fully saturated rings. The molecular formula is C15H17FN2O3S2. The van der Waals surface area contributed by atoms with Crippen molar-refractivity contribution in [3.05, 3.63) is 40.1 Å². The van der Waals surface area contributed by atoms with Crippen molar-refractivity contribution in [2.45, 2.75) is 26.4 Å². The molecule has 1 aromatic carbocycles. The molecule has 1 aromatic heterocycles. The van der Waals surface area contributed by atoms with E-state index in [2.05, 4.69) is 4.98 Å². The van der Waals surface area contributed by atoms with Crippen LogP contribution in [0.4, 0.5) is 10.1 Å². The molecule has 0 saturated carbocycles. The zero-order valence-corrected chi connectivity index (χ0v) is 14.5. The summed E-state index contributed by atoms with van der Waals surface area (Å²) in [5.41, 5.74) is 2.97. The van der Waals surface area contributed by atoms with E-state index in [9.17, 15) is 12.8 Å². The lowest BCUT2D eigenvalue weighted by atomic mass is 10.2. The summed E-state index contributed by atoms with van der Waals surface area (Å²) in [6.07, 6.45) is 0.0883. The summed E-state index contributed by atoms with van der Waals surface area (Å²) >= 11 is 1.46. The number of aromatic nitrogens is 1. The van der Waals surface area contributed by atoms with E-state index in [4.69, 9.17) is 4.74 Å². The van der Waals surface area contributed by atoms with Crippen molar-refractivity contribution in [3.8, 4) is 5.75 Å². The van der Waals surface area contributed by atoms with Crippen molar-refractivity contribution in [1.82, 2.24) is 4.98 Å². The van der Waals surface area contributed by atoms with Crippen molar-refractivity contribution in [3.63, 3.8) is 0 Å². The molecule has 0 amide bonds. The van der Waals surface area contributed by atoms with Gasteiger partial charge in [0.25, 0.3) is 0 Å². The van der Waals surface area contributed by atoms with Gasteiger partial charge < -0.3 is 4.74 Å². The third kappa shape index (κ3) is 3.32. The van der Waals surface area contributed by atoms with Gasteiger partial charge in [0.1, 0.15) is 17.7 Å². The summed E-state index contributed by atoms with van der Waals surface area (Å²) in [6, 6.07) is 3.92. The molecule has 1 aliphatic rings. The minimum atomic E-state index is -3.53. The summed E-state index contributed by atoms with van der Waals surface area (Å²) in [6.45, 7) is 3.86. The van der Waals surface area contributed by atoms with E-state index in [1.54, 1.807) is 12.4 Å². The van der Waals surface area contributed by atoms with Gasteiger partial charge in [-0.3, -0.25) is 4.31 Å². The number of benzene rings is 1. The van der Waals surface area contributed by atoms with Gasteiger partial charge in [-0.25, -0.2) is 17.8 Å². The predicted molar refractivity (Wildman–Crippen MR) is 88.2 cm³/mol. The number of sulfonamides is 1. The first-order chi connectivity index (χ1) is 10.9. The minimum absolute atomic E-state index is 0.0143. The summed E-state index contributed by atoms with van der Waals surface area (Å²) in [4.78, 5) is 5.10. The lowest BCUT2D eigenvalue weighted by Crippen LogP contribution is -2.43. The van der Waals surface area contributed by atoms with Crippen LogP contribution < -0.4 is 9.04 Å². The highest BCUT2D eigenvalue weighted by Gasteiger charge is 2.31. The molecule has 23 heavy (non-hydrogen) atoms. The second kappa shape index (κ2) is 6.09. The highest BCUT2D eigenvalue weighted by atomic mass is 32.2. The van der Waals surface area contributed by atoms with E-state index in [1.165, 1.54) is 33.8 Å². The Morgan fingerprint density at radius 1 is 1.48 bits per heavy atom. The minimum Gasteiger partial charge on any atom is -0.487 e. The smallest absolute Gasteiger partial charge is 0.235 e. The van der Waals surface area contributed by atoms with E-state index in [1.807, 2.05) is 6.92 Å². The monoisotopic (exact) mass is 356 g/mol.